The average Bonchev–Trinajstić information content (AvgIpc) is 2.48. The smallest absolute Gasteiger partial charge is 0.194 e. The van der Waals surface area contributed by atoms with Crippen molar-refractivity contribution >= 4 is 0 Å². The van der Waals surface area contributed by atoms with E-state index in [2.05, 4.69) is 10.3 Å². The first-order valence-electron chi connectivity index (χ1n) is 6.33. The fourth-order valence-corrected chi connectivity index (χ4v) is 2.26. The molecular formula is C15H15F3N2. The minimum Gasteiger partial charge on any atom is -0.309 e. The summed E-state index contributed by atoms with van der Waals surface area (Å²) in [4.78, 5) is 4.03. The molecule has 1 atom stereocenters. The molecule has 2 nitrogen and oxygen atoms in total. The molecule has 1 unspecified atom stereocenters. The summed E-state index contributed by atoms with van der Waals surface area (Å²) < 4.78 is 40.4. The van der Waals surface area contributed by atoms with Gasteiger partial charge in [0.2, 0.25) is 0 Å². The highest BCUT2D eigenvalue weighted by atomic mass is 19.2. The molecular weight excluding hydrogens is 265 g/mol. The quantitative estimate of drug-likeness (QED) is 0.869. The molecule has 106 valence electrons. The van der Waals surface area contributed by atoms with Gasteiger partial charge in [0.25, 0.3) is 0 Å². The first-order valence-corrected chi connectivity index (χ1v) is 6.33. The van der Waals surface area contributed by atoms with Crippen molar-refractivity contribution in [1.29, 1.82) is 0 Å². The largest absolute Gasteiger partial charge is 0.309 e. The van der Waals surface area contributed by atoms with Gasteiger partial charge in [0.05, 0.1) is 6.04 Å². The van der Waals surface area contributed by atoms with Gasteiger partial charge in [0.1, 0.15) is 0 Å². The van der Waals surface area contributed by atoms with E-state index in [0.29, 0.717) is 6.42 Å². The van der Waals surface area contributed by atoms with E-state index in [1.165, 1.54) is 6.07 Å². The number of hydrogen-bond donors (Lipinski definition) is 1. The molecule has 1 heterocycles. The normalized spacial score (nSPS) is 12.4. The number of halogens is 3. The van der Waals surface area contributed by atoms with E-state index in [-0.39, 0.29) is 5.56 Å². The maximum absolute atomic E-state index is 14.0. The third kappa shape index (κ3) is 2.54. The Bertz CT molecular complexity index is 614. The van der Waals surface area contributed by atoms with Gasteiger partial charge >= 0.3 is 0 Å². The number of rotatable bonds is 4. The standard InChI is InChI=1S/C15H15F3N2/c1-3-9-8-20-7-6-10(9)15(19-2)11-4-5-12(16)14(18)13(11)17/h4-8,15,19H,3H2,1-2H3. The molecule has 20 heavy (non-hydrogen) atoms. The van der Waals surface area contributed by atoms with Crippen LogP contribution in [-0.2, 0) is 6.42 Å². The molecule has 0 bridgehead atoms. The van der Waals surface area contributed by atoms with Crippen molar-refractivity contribution in [3.63, 3.8) is 0 Å². The second-order valence-electron chi connectivity index (χ2n) is 4.41. The van der Waals surface area contributed by atoms with E-state index in [4.69, 9.17) is 0 Å². The highest BCUT2D eigenvalue weighted by molar-refractivity contribution is 5.37. The Kier molecular flexibility index (Phi) is 4.39. The predicted octanol–water partition coefficient (Wildman–Crippen LogP) is 3.37. The highest BCUT2D eigenvalue weighted by Crippen LogP contribution is 2.28. The Morgan fingerprint density at radius 3 is 2.50 bits per heavy atom. The van der Waals surface area contributed by atoms with Crippen molar-refractivity contribution in [2.45, 2.75) is 19.4 Å². The lowest BCUT2D eigenvalue weighted by Gasteiger charge is -2.20. The summed E-state index contributed by atoms with van der Waals surface area (Å²) in [6, 6.07) is 3.39. The number of aryl methyl sites for hydroxylation is 1. The zero-order valence-electron chi connectivity index (χ0n) is 11.3. The Morgan fingerprint density at radius 1 is 1.10 bits per heavy atom. The van der Waals surface area contributed by atoms with Crippen LogP contribution in [0.1, 0.15) is 29.7 Å². The van der Waals surface area contributed by atoms with Crippen LogP contribution in [-0.4, -0.2) is 12.0 Å². The molecule has 0 saturated heterocycles. The van der Waals surface area contributed by atoms with Gasteiger partial charge in [-0.3, -0.25) is 4.98 Å². The van der Waals surface area contributed by atoms with Crippen LogP contribution in [0.25, 0.3) is 0 Å². The third-order valence-electron chi connectivity index (χ3n) is 3.30. The van der Waals surface area contributed by atoms with Crippen LogP contribution in [0.15, 0.2) is 30.6 Å². The first kappa shape index (κ1) is 14.5. The van der Waals surface area contributed by atoms with Crippen molar-refractivity contribution < 1.29 is 13.2 Å². The number of nitrogens with one attached hydrogen (secondary N) is 1. The molecule has 1 aromatic carbocycles. The number of nitrogens with zero attached hydrogens (tertiary/aromatic N) is 1. The minimum atomic E-state index is -1.45. The van der Waals surface area contributed by atoms with Crippen molar-refractivity contribution in [2.24, 2.45) is 0 Å². The molecule has 0 amide bonds. The topological polar surface area (TPSA) is 24.9 Å². The zero-order valence-corrected chi connectivity index (χ0v) is 11.3. The maximum atomic E-state index is 14.0. The van der Waals surface area contributed by atoms with Crippen LogP contribution in [0, 0.1) is 17.5 Å². The molecule has 0 aliphatic rings. The molecule has 0 fully saturated rings. The van der Waals surface area contributed by atoms with E-state index in [1.807, 2.05) is 6.92 Å². The number of benzene rings is 1. The molecule has 1 aromatic heterocycles. The second kappa shape index (κ2) is 6.05. The highest BCUT2D eigenvalue weighted by Gasteiger charge is 2.22. The molecule has 0 spiro atoms. The van der Waals surface area contributed by atoms with E-state index in [0.717, 1.165) is 17.2 Å². The van der Waals surface area contributed by atoms with Gasteiger partial charge in [-0.25, -0.2) is 13.2 Å². The minimum absolute atomic E-state index is 0.0762. The Balaban J connectivity index is 2.56. The van der Waals surface area contributed by atoms with E-state index < -0.39 is 23.5 Å². The van der Waals surface area contributed by atoms with Crippen molar-refractivity contribution in [3.8, 4) is 0 Å². The Morgan fingerprint density at radius 2 is 1.85 bits per heavy atom. The molecule has 0 saturated carbocycles. The monoisotopic (exact) mass is 280 g/mol. The fraction of sp³-hybridized carbons (Fsp3) is 0.267. The zero-order chi connectivity index (χ0) is 14.7. The average molecular weight is 280 g/mol. The number of hydrogen-bond acceptors (Lipinski definition) is 2. The molecule has 2 rings (SSSR count). The van der Waals surface area contributed by atoms with E-state index >= 15 is 0 Å². The summed E-state index contributed by atoms with van der Waals surface area (Å²) in [5, 5.41) is 2.94. The predicted molar refractivity (Wildman–Crippen MR) is 70.8 cm³/mol. The number of pyridine rings is 1. The summed E-state index contributed by atoms with van der Waals surface area (Å²) in [5.74, 6) is -3.80. The van der Waals surface area contributed by atoms with Crippen LogP contribution in [0.3, 0.4) is 0 Å². The third-order valence-corrected chi connectivity index (χ3v) is 3.30. The lowest BCUT2D eigenvalue weighted by atomic mass is 9.94. The second-order valence-corrected chi connectivity index (χ2v) is 4.41. The first-order chi connectivity index (χ1) is 9.60. The lowest BCUT2D eigenvalue weighted by Crippen LogP contribution is -2.21. The molecule has 0 radical (unpaired) electrons. The summed E-state index contributed by atoms with van der Waals surface area (Å²) in [5.41, 5.74) is 1.80. The van der Waals surface area contributed by atoms with Crippen LogP contribution < -0.4 is 5.32 Å². The van der Waals surface area contributed by atoms with Crippen LogP contribution in [0.4, 0.5) is 13.2 Å². The van der Waals surface area contributed by atoms with Crippen LogP contribution >= 0.6 is 0 Å². The van der Waals surface area contributed by atoms with Gasteiger partial charge in [0, 0.05) is 18.0 Å². The number of aromatic nitrogens is 1. The molecule has 2 aromatic rings. The molecule has 0 aliphatic carbocycles. The van der Waals surface area contributed by atoms with Crippen LogP contribution in [0.5, 0.6) is 0 Å². The molecule has 1 N–H and O–H groups in total. The Labute approximate surface area is 115 Å². The van der Waals surface area contributed by atoms with Crippen molar-refractivity contribution in [2.75, 3.05) is 7.05 Å². The van der Waals surface area contributed by atoms with E-state index in [9.17, 15) is 13.2 Å². The summed E-state index contributed by atoms with van der Waals surface area (Å²) >= 11 is 0. The van der Waals surface area contributed by atoms with Crippen molar-refractivity contribution in [3.05, 3.63) is 64.7 Å². The Hall–Kier alpha value is -1.88. The van der Waals surface area contributed by atoms with Gasteiger partial charge in [-0.15, -0.1) is 0 Å². The molecule has 5 heteroatoms. The van der Waals surface area contributed by atoms with Gasteiger partial charge in [-0.2, -0.15) is 0 Å². The SMILES string of the molecule is CCc1cnccc1C(NC)c1ccc(F)c(F)c1F. The van der Waals surface area contributed by atoms with Gasteiger partial charge in [-0.1, -0.05) is 13.0 Å². The fourth-order valence-electron chi connectivity index (χ4n) is 2.26. The van der Waals surface area contributed by atoms with Gasteiger partial charge < -0.3 is 5.32 Å². The van der Waals surface area contributed by atoms with Crippen molar-refractivity contribution in [1.82, 2.24) is 10.3 Å². The summed E-state index contributed by atoms with van der Waals surface area (Å²) in [6.07, 6.45) is 4.00. The summed E-state index contributed by atoms with van der Waals surface area (Å²) in [7, 11) is 1.64. The lowest BCUT2D eigenvalue weighted by molar-refractivity contribution is 0.435. The van der Waals surface area contributed by atoms with Crippen LogP contribution in [0.2, 0.25) is 0 Å². The van der Waals surface area contributed by atoms with Gasteiger partial charge in [0.15, 0.2) is 17.5 Å². The maximum Gasteiger partial charge on any atom is 0.194 e. The summed E-state index contributed by atoms with van der Waals surface area (Å²) in [6.45, 7) is 1.95. The van der Waals surface area contributed by atoms with Gasteiger partial charge in [-0.05, 0) is 36.7 Å². The molecule has 0 aliphatic heterocycles. The van der Waals surface area contributed by atoms with E-state index in [1.54, 1.807) is 25.5 Å².